The molecule has 0 aliphatic rings. The van der Waals surface area contributed by atoms with E-state index in [1.807, 2.05) is 30.5 Å². The Kier molecular flexibility index (Phi) is 4.42. The van der Waals surface area contributed by atoms with Crippen molar-refractivity contribution in [2.24, 2.45) is 5.73 Å². The summed E-state index contributed by atoms with van der Waals surface area (Å²) in [5.74, 6) is 0. The Morgan fingerprint density at radius 2 is 2.05 bits per heavy atom. The summed E-state index contributed by atoms with van der Waals surface area (Å²) in [6, 6.07) is 16.3. The minimum atomic E-state index is -0.498. The van der Waals surface area contributed by atoms with E-state index in [9.17, 15) is 5.11 Å². The van der Waals surface area contributed by atoms with Crippen LogP contribution in [0.3, 0.4) is 0 Å². The van der Waals surface area contributed by atoms with Gasteiger partial charge in [0.25, 0.3) is 0 Å². The van der Waals surface area contributed by atoms with Crippen LogP contribution < -0.4 is 11.1 Å². The fourth-order valence-electron chi connectivity index (χ4n) is 2.59. The second-order valence-corrected chi connectivity index (χ2v) is 5.47. The molecule has 0 saturated heterocycles. The van der Waals surface area contributed by atoms with Crippen LogP contribution in [0.15, 0.2) is 54.7 Å². The Hall–Kier alpha value is -2.30. The number of H-pyrrole nitrogens is 1. The van der Waals surface area contributed by atoms with Crippen molar-refractivity contribution in [3.05, 3.63) is 65.9 Å². The molecule has 0 spiro atoms. The number of aliphatic hydroxyl groups excluding tert-OH is 1. The van der Waals surface area contributed by atoms with Crippen LogP contribution in [0, 0.1) is 0 Å². The quantitative estimate of drug-likeness (QED) is 0.564. The molecule has 5 N–H and O–H groups in total. The molecule has 0 saturated carbocycles. The predicted molar refractivity (Wildman–Crippen MR) is 90.7 cm³/mol. The van der Waals surface area contributed by atoms with E-state index >= 15 is 0 Å². The van der Waals surface area contributed by atoms with Crippen LogP contribution in [0.2, 0.25) is 0 Å². The second-order valence-electron chi connectivity index (χ2n) is 5.47. The second kappa shape index (κ2) is 6.64. The van der Waals surface area contributed by atoms with Gasteiger partial charge in [-0.1, -0.05) is 24.3 Å². The molecule has 114 valence electrons. The summed E-state index contributed by atoms with van der Waals surface area (Å²) < 4.78 is 0. The molecular weight excluding hydrogens is 274 g/mol. The molecular formula is C18H21N3O. The number of aromatic nitrogens is 1. The van der Waals surface area contributed by atoms with Crippen molar-refractivity contribution in [1.29, 1.82) is 0 Å². The lowest BCUT2D eigenvalue weighted by Gasteiger charge is -2.12. The van der Waals surface area contributed by atoms with Gasteiger partial charge in [0.15, 0.2) is 0 Å². The lowest BCUT2D eigenvalue weighted by molar-refractivity contribution is 0.170. The van der Waals surface area contributed by atoms with E-state index in [1.54, 1.807) is 0 Å². The van der Waals surface area contributed by atoms with Crippen molar-refractivity contribution >= 4 is 16.6 Å². The third-order valence-corrected chi connectivity index (χ3v) is 3.83. The molecule has 4 heteroatoms. The van der Waals surface area contributed by atoms with E-state index in [0.717, 1.165) is 23.3 Å². The molecule has 0 aliphatic carbocycles. The van der Waals surface area contributed by atoms with Crippen molar-refractivity contribution in [3.63, 3.8) is 0 Å². The van der Waals surface area contributed by atoms with Crippen LogP contribution >= 0.6 is 0 Å². The van der Waals surface area contributed by atoms with Gasteiger partial charge in [-0.25, -0.2) is 0 Å². The van der Waals surface area contributed by atoms with Gasteiger partial charge in [0, 0.05) is 23.9 Å². The first-order valence-electron chi connectivity index (χ1n) is 7.54. The molecule has 0 bridgehead atoms. The summed E-state index contributed by atoms with van der Waals surface area (Å²) in [4.78, 5) is 3.22. The smallest absolute Gasteiger partial charge is 0.0802 e. The van der Waals surface area contributed by atoms with Crippen LogP contribution in [0.1, 0.15) is 23.7 Å². The van der Waals surface area contributed by atoms with Crippen LogP contribution in [-0.4, -0.2) is 16.6 Å². The van der Waals surface area contributed by atoms with E-state index in [-0.39, 0.29) is 0 Å². The van der Waals surface area contributed by atoms with Gasteiger partial charge in [-0.2, -0.15) is 0 Å². The number of nitrogens with two attached hydrogens (primary N) is 1. The number of hydrogen-bond acceptors (Lipinski definition) is 3. The molecule has 22 heavy (non-hydrogen) atoms. The highest BCUT2D eigenvalue weighted by Crippen LogP contribution is 2.21. The minimum absolute atomic E-state index is 0.481. The van der Waals surface area contributed by atoms with Crippen molar-refractivity contribution in [3.8, 4) is 0 Å². The summed E-state index contributed by atoms with van der Waals surface area (Å²) in [5, 5.41) is 14.6. The minimum Gasteiger partial charge on any atom is -0.388 e. The van der Waals surface area contributed by atoms with Crippen molar-refractivity contribution in [2.75, 3.05) is 11.9 Å². The summed E-state index contributed by atoms with van der Waals surface area (Å²) in [5.41, 5.74) is 9.75. The van der Waals surface area contributed by atoms with E-state index in [2.05, 4.69) is 34.6 Å². The fraction of sp³-hybridized carbons (Fsp3) is 0.222. The highest BCUT2D eigenvalue weighted by molar-refractivity contribution is 5.79. The number of hydrogen-bond donors (Lipinski definition) is 4. The molecule has 3 aromatic rings. The van der Waals surface area contributed by atoms with Gasteiger partial charge in [0.1, 0.15) is 0 Å². The number of fused-ring (bicyclic) bond motifs is 1. The monoisotopic (exact) mass is 295 g/mol. The molecule has 0 aliphatic heterocycles. The van der Waals surface area contributed by atoms with Gasteiger partial charge in [-0.05, 0) is 53.7 Å². The standard InChI is InChI=1S/C18H21N3O/c19-8-6-18(22)15-2-1-3-16(11-15)21-12-13-4-5-14-7-9-20-17(14)10-13/h1-5,7,9-11,18,20-22H,6,8,12,19H2/t18-/m1/s1. The average Bonchev–Trinajstić information content (AvgIpc) is 3.01. The SMILES string of the molecule is NCC[C@@H](O)c1cccc(NCc2ccc3cc[nH]c3c2)c1. The predicted octanol–water partition coefficient (Wildman–Crippen LogP) is 3.16. The van der Waals surface area contributed by atoms with E-state index in [4.69, 9.17) is 5.73 Å². The number of benzene rings is 2. The highest BCUT2D eigenvalue weighted by Gasteiger charge is 2.06. The third-order valence-electron chi connectivity index (χ3n) is 3.83. The summed E-state index contributed by atoms with van der Waals surface area (Å²) >= 11 is 0. The Labute approximate surface area is 130 Å². The van der Waals surface area contributed by atoms with Gasteiger partial charge in [0.2, 0.25) is 0 Å². The number of aromatic amines is 1. The third kappa shape index (κ3) is 3.30. The maximum Gasteiger partial charge on any atom is 0.0802 e. The average molecular weight is 295 g/mol. The molecule has 1 atom stereocenters. The molecule has 2 aromatic carbocycles. The van der Waals surface area contributed by atoms with E-state index < -0.39 is 6.10 Å². The van der Waals surface area contributed by atoms with Crippen LogP contribution in [0.4, 0.5) is 5.69 Å². The molecule has 1 heterocycles. The van der Waals surface area contributed by atoms with Crippen molar-refractivity contribution < 1.29 is 5.11 Å². The first kappa shape index (κ1) is 14.6. The summed E-state index contributed by atoms with van der Waals surface area (Å²) in [6.45, 7) is 1.22. The Balaban J connectivity index is 1.69. The lowest BCUT2D eigenvalue weighted by Crippen LogP contribution is -2.07. The first-order valence-corrected chi connectivity index (χ1v) is 7.54. The molecule has 0 fully saturated rings. The molecule has 0 radical (unpaired) electrons. The number of aliphatic hydroxyl groups is 1. The van der Waals surface area contributed by atoms with Gasteiger partial charge < -0.3 is 21.1 Å². The normalized spacial score (nSPS) is 12.5. The van der Waals surface area contributed by atoms with Gasteiger partial charge in [-0.15, -0.1) is 0 Å². The highest BCUT2D eigenvalue weighted by atomic mass is 16.3. The van der Waals surface area contributed by atoms with Crippen LogP contribution in [0.5, 0.6) is 0 Å². The summed E-state index contributed by atoms with van der Waals surface area (Å²) in [7, 11) is 0. The molecule has 3 rings (SSSR count). The lowest BCUT2D eigenvalue weighted by atomic mass is 10.1. The van der Waals surface area contributed by atoms with E-state index in [0.29, 0.717) is 13.0 Å². The fourth-order valence-corrected chi connectivity index (χ4v) is 2.59. The number of nitrogens with one attached hydrogen (secondary N) is 2. The van der Waals surface area contributed by atoms with Gasteiger partial charge >= 0.3 is 0 Å². The Morgan fingerprint density at radius 1 is 1.14 bits per heavy atom. The first-order chi connectivity index (χ1) is 10.8. The Bertz CT molecular complexity index is 751. The summed E-state index contributed by atoms with van der Waals surface area (Å²) in [6.07, 6.45) is 2.03. The zero-order chi connectivity index (χ0) is 15.4. The Morgan fingerprint density at radius 3 is 2.91 bits per heavy atom. The number of anilines is 1. The van der Waals surface area contributed by atoms with Gasteiger partial charge in [0.05, 0.1) is 6.10 Å². The molecule has 0 unspecified atom stereocenters. The zero-order valence-electron chi connectivity index (χ0n) is 12.4. The zero-order valence-corrected chi connectivity index (χ0v) is 12.4. The van der Waals surface area contributed by atoms with Crippen LogP contribution in [-0.2, 0) is 6.54 Å². The maximum absolute atomic E-state index is 10.0. The van der Waals surface area contributed by atoms with Crippen molar-refractivity contribution in [1.82, 2.24) is 4.98 Å². The molecule has 1 aromatic heterocycles. The van der Waals surface area contributed by atoms with E-state index in [1.165, 1.54) is 10.9 Å². The number of rotatable bonds is 6. The maximum atomic E-state index is 10.0. The van der Waals surface area contributed by atoms with Crippen molar-refractivity contribution in [2.45, 2.75) is 19.1 Å². The topological polar surface area (TPSA) is 74.1 Å². The molecule has 0 amide bonds. The molecule has 4 nitrogen and oxygen atoms in total. The van der Waals surface area contributed by atoms with Gasteiger partial charge in [-0.3, -0.25) is 0 Å². The largest absolute Gasteiger partial charge is 0.388 e. The van der Waals surface area contributed by atoms with Crippen LogP contribution in [0.25, 0.3) is 10.9 Å².